The van der Waals surface area contributed by atoms with E-state index in [1.165, 1.54) is 0 Å². The lowest BCUT2D eigenvalue weighted by Gasteiger charge is -2.25. The fourth-order valence-corrected chi connectivity index (χ4v) is 3.41. The van der Waals surface area contributed by atoms with E-state index in [0.717, 1.165) is 23.1 Å². The van der Waals surface area contributed by atoms with Crippen LogP contribution in [0.25, 0.3) is 11.1 Å². The molecule has 5 nitrogen and oxygen atoms in total. The van der Waals surface area contributed by atoms with Crippen LogP contribution in [0.2, 0.25) is 0 Å². The zero-order valence-corrected chi connectivity index (χ0v) is 17.0. The zero-order chi connectivity index (χ0) is 21.6. The van der Waals surface area contributed by atoms with E-state index in [0.29, 0.717) is 24.8 Å². The summed E-state index contributed by atoms with van der Waals surface area (Å²) in [5.41, 5.74) is 2.55. The van der Waals surface area contributed by atoms with Crippen molar-refractivity contribution in [1.29, 1.82) is 10.5 Å². The van der Waals surface area contributed by atoms with E-state index in [2.05, 4.69) is 22.8 Å². The molecule has 2 N–H and O–H groups in total. The Morgan fingerprint density at radius 2 is 1.70 bits per heavy atom. The lowest BCUT2D eigenvalue weighted by molar-refractivity contribution is -0.124. The van der Waals surface area contributed by atoms with Crippen LogP contribution in [0, 0.1) is 22.7 Å². The van der Waals surface area contributed by atoms with Crippen LogP contribution < -0.4 is 10.6 Å². The largest absolute Gasteiger partial charge is 0.336 e. The monoisotopic (exact) mass is 404 g/mol. The normalized spacial score (nSPS) is 16.0. The van der Waals surface area contributed by atoms with Gasteiger partial charge in [-0.2, -0.15) is 10.5 Å². The Morgan fingerprint density at radius 1 is 1.10 bits per heavy atom. The van der Waals surface area contributed by atoms with Gasteiger partial charge in [-0.25, -0.2) is 4.39 Å². The van der Waals surface area contributed by atoms with Gasteiger partial charge in [-0.1, -0.05) is 49.7 Å². The summed E-state index contributed by atoms with van der Waals surface area (Å²) >= 11 is 0. The molecule has 154 valence electrons. The van der Waals surface area contributed by atoms with Crippen LogP contribution in [-0.4, -0.2) is 24.2 Å². The molecule has 2 aromatic carbocycles. The number of nitrogens with zero attached hydrogens (tertiary/aromatic N) is 2. The molecule has 1 fully saturated rings. The maximum Gasteiger partial charge on any atom is 0.238 e. The molecule has 0 unspecified atom stereocenters. The van der Waals surface area contributed by atoms with E-state index >= 15 is 0 Å². The van der Waals surface area contributed by atoms with Crippen molar-refractivity contribution in [3.63, 3.8) is 0 Å². The molecule has 0 bridgehead atoms. The van der Waals surface area contributed by atoms with E-state index in [-0.39, 0.29) is 5.91 Å². The Balaban J connectivity index is 1.71. The summed E-state index contributed by atoms with van der Waals surface area (Å²) in [6.45, 7) is 1.32. The van der Waals surface area contributed by atoms with Gasteiger partial charge in [0.2, 0.25) is 5.91 Å². The zero-order valence-electron chi connectivity index (χ0n) is 17.0. The highest BCUT2D eigenvalue weighted by atomic mass is 19.1. The molecule has 1 amide bonds. The molecule has 1 aliphatic rings. The van der Waals surface area contributed by atoms with Crippen LogP contribution >= 0.6 is 0 Å². The molecule has 2 atom stereocenters. The second-order valence-electron chi connectivity index (χ2n) is 7.71. The SMILES string of the molecule is CCC[C@H](N[C@H](CF)c1ccc(-c2ccc(C#N)cc2)cc1)C(=O)NC1(C#N)CC1. The van der Waals surface area contributed by atoms with Crippen LogP contribution in [-0.2, 0) is 4.79 Å². The van der Waals surface area contributed by atoms with Crippen LogP contribution in [0.5, 0.6) is 0 Å². The van der Waals surface area contributed by atoms with Crippen molar-refractivity contribution in [2.75, 3.05) is 6.67 Å². The molecule has 0 heterocycles. The number of nitriles is 2. The van der Waals surface area contributed by atoms with E-state index < -0.39 is 24.3 Å². The highest BCUT2D eigenvalue weighted by Crippen LogP contribution is 2.34. The Bertz CT molecular complexity index is 953. The van der Waals surface area contributed by atoms with Gasteiger partial charge in [0.1, 0.15) is 12.2 Å². The average molecular weight is 404 g/mol. The van der Waals surface area contributed by atoms with Crippen molar-refractivity contribution in [2.45, 2.75) is 50.2 Å². The summed E-state index contributed by atoms with van der Waals surface area (Å²) in [4.78, 5) is 12.7. The van der Waals surface area contributed by atoms with Gasteiger partial charge in [0.05, 0.1) is 29.8 Å². The van der Waals surface area contributed by atoms with Gasteiger partial charge in [0.25, 0.3) is 0 Å². The summed E-state index contributed by atoms with van der Waals surface area (Å²) in [6.07, 6.45) is 2.66. The predicted octanol–water partition coefficient (Wildman–Crippen LogP) is 4.17. The minimum absolute atomic E-state index is 0.247. The number of benzene rings is 2. The number of hydrogen-bond donors (Lipinski definition) is 2. The quantitative estimate of drug-likeness (QED) is 0.657. The van der Waals surface area contributed by atoms with E-state index in [1.54, 1.807) is 12.1 Å². The topological polar surface area (TPSA) is 88.7 Å². The van der Waals surface area contributed by atoms with E-state index in [9.17, 15) is 14.4 Å². The van der Waals surface area contributed by atoms with Crippen molar-refractivity contribution >= 4 is 5.91 Å². The van der Waals surface area contributed by atoms with Gasteiger partial charge in [-0.15, -0.1) is 0 Å². The molecular formula is C24H25FN4O. The lowest BCUT2D eigenvalue weighted by atomic mass is 9.99. The van der Waals surface area contributed by atoms with Gasteiger partial charge in [-0.05, 0) is 48.1 Å². The van der Waals surface area contributed by atoms with Crippen LogP contribution in [0.4, 0.5) is 4.39 Å². The van der Waals surface area contributed by atoms with Crippen molar-refractivity contribution in [1.82, 2.24) is 10.6 Å². The Kier molecular flexibility index (Phi) is 6.82. The van der Waals surface area contributed by atoms with E-state index in [4.69, 9.17) is 5.26 Å². The van der Waals surface area contributed by atoms with Gasteiger partial charge in [-0.3, -0.25) is 10.1 Å². The first kappa shape index (κ1) is 21.5. The fraction of sp³-hybridized carbons (Fsp3) is 0.375. The number of amides is 1. The molecule has 0 aromatic heterocycles. The number of carbonyl (C=O) groups is 1. The van der Waals surface area contributed by atoms with Gasteiger partial charge >= 0.3 is 0 Å². The second kappa shape index (κ2) is 9.52. The minimum atomic E-state index is -0.737. The summed E-state index contributed by atoms with van der Waals surface area (Å²) < 4.78 is 13.9. The number of hydrogen-bond acceptors (Lipinski definition) is 4. The van der Waals surface area contributed by atoms with Crippen molar-refractivity contribution < 1.29 is 9.18 Å². The third kappa shape index (κ3) is 5.03. The molecule has 30 heavy (non-hydrogen) atoms. The van der Waals surface area contributed by atoms with Gasteiger partial charge < -0.3 is 5.32 Å². The molecule has 0 spiro atoms. The molecule has 1 saturated carbocycles. The third-order valence-electron chi connectivity index (χ3n) is 5.44. The third-order valence-corrected chi connectivity index (χ3v) is 5.44. The Hall–Kier alpha value is -3.22. The highest BCUT2D eigenvalue weighted by Gasteiger charge is 2.45. The molecule has 0 radical (unpaired) electrons. The first-order valence-corrected chi connectivity index (χ1v) is 10.2. The summed E-state index contributed by atoms with van der Waals surface area (Å²) in [5, 5.41) is 24.1. The number of rotatable bonds is 9. The van der Waals surface area contributed by atoms with Gasteiger partial charge in [0, 0.05) is 0 Å². The number of alkyl halides is 1. The minimum Gasteiger partial charge on any atom is -0.336 e. The first-order valence-electron chi connectivity index (χ1n) is 10.2. The number of nitrogens with one attached hydrogen (secondary N) is 2. The van der Waals surface area contributed by atoms with Gasteiger partial charge in [0.15, 0.2) is 0 Å². The predicted molar refractivity (Wildman–Crippen MR) is 113 cm³/mol. The van der Waals surface area contributed by atoms with Crippen molar-refractivity contribution in [3.05, 3.63) is 59.7 Å². The van der Waals surface area contributed by atoms with Crippen LogP contribution in [0.1, 0.15) is 49.8 Å². The number of halogens is 1. The molecule has 2 aromatic rings. The number of carbonyl (C=O) groups excluding carboxylic acids is 1. The second-order valence-corrected chi connectivity index (χ2v) is 7.71. The maximum absolute atomic E-state index is 13.9. The molecule has 6 heteroatoms. The highest BCUT2D eigenvalue weighted by molar-refractivity contribution is 5.83. The van der Waals surface area contributed by atoms with Crippen molar-refractivity contribution in [2.24, 2.45) is 0 Å². The molecule has 0 aliphatic heterocycles. The van der Waals surface area contributed by atoms with Crippen molar-refractivity contribution in [3.8, 4) is 23.3 Å². The Labute approximate surface area is 176 Å². The average Bonchev–Trinajstić information content (AvgIpc) is 3.56. The fourth-order valence-electron chi connectivity index (χ4n) is 3.41. The van der Waals surface area contributed by atoms with E-state index in [1.807, 2.05) is 43.3 Å². The first-order chi connectivity index (χ1) is 14.5. The smallest absolute Gasteiger partial charge is 0.238 e. The Morgan fingerprint density at radius 3 is 2.17 bits per heavy atom. The maximum atomic E-state index is 13.9. The lowest BCUT2D eigenvalue weighted by Crippen LogP contribution is -2.49. The molecule has 3 rings (SSSR count). The summed E-state index contributed by atoms with van der Waals surface area (Å²) in [5.74, 6) is -0.247. The summed E-state index contributed by atoms with van der Waals surface area (Å²) in [6, 6.07) is 17.9. The molecular weight excluding hydrogens is 379 g/mol. The summed E-state index contributed by atoms with van der Waals surface area (Å²) in [7, 11) is 0. The van der Waals surface area contributed by atoms with Crippen LogP contribution in [0.3, 0.4) is 0 Å². The molecule has 1 aliphatic carbocycles. The van der Waals surface area contributed by atoms with Crippen LogP contribution in [0.15, 0.2) is 48.5 Å². The molecule has 0 saturated heterocycles. The standard InChI is InChI=1S/C24H25FN4O/c1-2-3-21(23(30)29-24(16-27)12-13-24)28-22(14-25)20-10-8-19(9-11-20)18-6-4-17(15-26)5-7-18/h4-11,21-22,28H,2-3,12-14H2,1H3,(H,29,30)/t21-,22+/m0/s1.